The molecule has 4 heteroatoms. The zero-order valence-electron chi connectivity index (χ0n) is 8.29. The molecule has 1 rings (SSSR count). The maximum atomic E-state index is 11.2. The Labute approximate surface area is 90.4 Å². The van der Waals surface area contributed by atoms with Gasteiger partial charge in [0.2, 0.25) is 0 Å². The summed E-state index contributed by atoms with van der Waals surface area (Å²) in [6.45, 7) is 3.50. The van der Waals surface area contributed by atoms with Crippen molar-refractivity contribution in [1.82, 2.24) is 0 Å². The first-order valence-corrected chi connectivity index (χ1v) is 4.43. The lowest BCUT2D eigenvalue weighted by atomic mass is 9.98. The van der Waals surface area contributed by atoms with Crippen LogP contribution in [0.2, 0.25) is 0 Å². The number of hydrogen-bond donors (Lipinski definition) is 1. The number of esters is 1. The topological polar surface area (TPSA) is 52.3 Å². The van der Waals surface area contributed by atoms with Gasteiger partial charge in [0.15, 0.2) is 0 Å². The van der Waals surface area contributed by atoms with Crippen LogP contribution in [0.5, 0.6) is 0 Å². The fourth-order valence-electron chi connectivity index (χ4n) is 1.77. The van der Waals surface area contributed by atoms with E-state index in [1.807, 2.05) is 0 Å². The Morgan fingerprint density at radius 2 is 2.21 bits per heavy atom. The van der Waals surface area contributed by atoms with E-state index in [4.69, 9.17) is 5.73 Å². The van der Waals surface area contributed by atoms with Gasteiger partial charge in [0.05, 0.1) is 12.7 Å². The van der Waals surface area contributed by atoms with Gasteiger partial charge in [-0.1, -0.05) is 6.58 Å². The Hall–Kier alpha value is -0.760. The van der Waals surface area contributed by atoms with Crippen LogP contribution in [-0.2, 0) is 9.53 Å². The minimum atomic E-state index is -0.325. The largest absolute Gasteiger partial charge is 0.465 e. The number of halogens is 1. The lowest BCUT2D eigenvalue weighted by molar-refractivity contribution is -0.136. The molecule has 0 radical (unpaired) electrons. The summed E-state index contributed by atoms with van der Waals surface area (Å²) in [5, 5.41) is 0. The van der Waals surface area contributed by atoms with Gasteiger partial charge in [0.25, 0.3) is 0 Å². The van der Waals surface area contributed by atoms with Crippen LogP contribution in [0, 0.1) is 5.92 Å². The van der Waals surface area contributed by atoms with Gasteiger partial charge in [-0.25, -0.2) is 4.79 Å². The molecule has 2 atom stereocenters. The van der Waals surface area contributed by atoms with E-state index in [1.54, 1.807) is 0 Å². The number of nitrogens with two attached hydrogens (primary N) is 1. The van der Waals surface area contributed by atoms with Gasteiger partial charge >= 0.3 is 5.97 Å². The quantitative estimate of drug-likeness (QED) is 0.433. The highest BCUT2D eigenvalue weighted by atomic mass is 35.5. The van der Waals surface area contributed by atoms with Gasteiger partial charge in [-0.15, -0.1) is 18.1 Å². The molecule has 0 amide bonds. The Morgan fingerprint density at radius 1 is 1.57 bits per heavy atom. The molecular weight excluding hydrogens is 202 g/mol. The van der Waals surface area contributed by atoms with Crippen molar-refractivity contribution in [1.29, 1.82) is 0 Å². The predicted octanol–water partition coefficient (Wildman–Crippen LogP) is 1.42. The van der Waals surface area contributed by atoms with Crippen molar-refractivity contribution in [2.24, 2.45) is 11.7 Å². The van der Waals surface area contributed by atoms with E-state index < -0.39 is 0 Å². The van der Waals surface area contributed by atoms with Crippen molar-refractivity contribution in [2.45, 2.75) is 25.3 Å². The fraction of sp³-hybridized carbons (Fsp3) is 0.600. The molecule has 2 N–H and O–H groups in total. The van der Waals surface area contributed by atoms with Gasteiger partial charge in [0, 0.05) is 6.04 Å². The summed E-state index contributed by atoms with van der Waals surface area (Å²) in [5.41, 5.74) is 8.95. The second-order valence-corrected chi connectivity index (χ2v) is 3.35. The highest BCUT2D eigenvalue weighted by Crippen LogP contribution is 2.30. The maximum absolute atomic E-state index is 11.2. The number of carbonyl (C=O) groups excluding carboxylic acids is 1. The summed E-state index contributed by atoms with van der Waals surface area (Å²) < 4.78 is 4.63. The molecule has 1 fully saturated rings. The molecule has 0 saturated heterocycles. The average Bonchev–Trinajstić information content (AvgIpc) is 2.53. The summed E-state index contributed by atoms with van der Waals surface area (Å²) in [6.07, 6.45) is 2.74. The third-order valence-corrected chi connectivity index (χ3v) is 2.48. The van der Waals surface area contributed by atoms with Gasteiger partial charge in [-0.3, -0.25) is 0 Å². The standard InChI is InChI=1S/C10H15NO2.ClH/c1-3-9(10(12)13-2)7-4-5-8(11)6-7;/h7-8H,1,4-6,11H2,2H3;1H. The number of rotatable bonds is 2. The summed E-state index contributed by atoms with van der Waals surface area (Å²) in [6, 6.07) is 0.206. The number of carbonyl (C=O) groups is 1. The second kappa shape index (κ2) is 5.86. The molecule has 0 bridgehead atoms. The van der Waals surface area contributed by atoms with Crippen LogP contribution in [0.4, 0.5) is 0 Å². The summed E-state index contributed by atoms with van der Waals surface area (Å²) >= 11 is 0. The summed E-state index contributed by atoms with van der Waals surface area (Å²) in [5.74, 6) is -0.131. The molecule has 3 nitrogen and oxygen atoms in total. The highest BCUT2D eigenvalue weighted by molar-refractivity contribution is 5.88. The Kier molecular flexibility index (Phi) is 5.55. The van der Waals surface area contributed by atoms with E-state index in [2.05, 4.69) is 17.0 Å². The van der Waals surface area contributed by atoms with Crippen molar-refractivity contribution >= 4 is 18.4 Å². The number of methoxy groups -OCH3 is 1. The zero-order chi connectivity index (χ0) is 9.84. The summed E-state index contributed by atoms with van der Waals surface area (Å²) in [4.78, 5) is 11.2. The van der Waals surface area contributed by atoms with E-state index in [0.29, 0.717) is 5.57 Å². The fourth-order valence-corrected chi connectivity index (χ4v) is 1.77. The van der Waals surface area contributed by atoms with Crippen LogP contribution in [0.3, 0.4) is 0 Å². The van der Waals surface area contributed by atoms with E-state index in [1.165, 1.54) is 7.11 Å². The van der Waals surface area contributed by atoms with E-state index in [9.17, 15) is 4.79 Å². The zero-order valence-corrected chi connectivity index (χ0v) is 9.10. The molecule has 0 aliphatic heterocycles. The molecular formula is C10H16ClNO2. The van der Waals surface area contributed by atoms with Gasteiger partial charge in [-0.2, -0.15) is 0 Å². The molecule has 0 spiro atoms. The first-order chi connectivity index (χ1) is 6.19. The lowest BCUT2D eigenvalue weighted by Gasteiger charge is -2.09. The van der Waals surface area contributed by atoms with Crippen LogP contribution in [0.15, 0.2) is 17.9 Å². The number of ether oxygens (including phenoxy) is 1. The molecule has 0 heterocycles. The van der Waals surface area contributed by atoms with Crippen LogP contribution in [0.25, 0.3) is 0 Å². The van der Waals surface area contributed by atoms with Crippen LogP contribution in [-0.4, -0.2) is 19.1 Å². The number of hydrogen-bond acceptors (Lipinski definition) is 3. The Morgan fingerprint density at radius 3 is 2.57 bits per heavy atom. The molecule has 1 saturated carbocycles. The minimum absolute atomic E-state index is 0. The third kappa shape index (κ3) is 2.88. The Balaban J connectivity index is 0.00000169. The predicted molar refractivity (Wildman–Crippen MR) is 57.2 cm³/mol. The smallest absolute Gasteiger partial charge is 0.341 e. The lowest BCUT2D eigenvalue weighted by Crippen LogP contribution is -2.17. The molecule has 1 aliphatic carbocycles. The van der Waals surface area contributed by atoms with Crippen molar-refractivity contribution < 1.29 is 9.53 Å². The van der Waals surface area contributed by atoms with Gasteiger partial charge in [0.1, 0.15) is 0 Å². The van der Waals surface area contributed by atoms with Gasteiger partial charge in [-0.05, 0) is 25.2 Å². The van der Waals surface area contributed by atoms with Gasteiger partial charge < -0.3 is 10.5 Å². The van der Waals surface area contributed by atoms with Crippen LogP contribution in [0.1, 0.15) is 19.3 Å². The van der Waals surface area contributed by atoms with Crippen molar-refractivity contribution in [3.63, 3.8) is 0 Å². The minimum Gasteiger partial charge on any atom is -0.465 e. The maximum Gasteiger partial charge on any atom is 0.341 e. The van der Waals surface area contributed by atoms with E-state index >= 15 is 0 Å². The van der Waals surface area contributed by atoms with Crippen molar-refractivity contribution in [3.8, 4) is 0 Å². The first-order valence-electron chi connectivity index (χ1n) is 4.43. The first kappa shape index (κ1) is 13.2. The normalized spacial score (nSPS) is 24.7. The molecule has 1 aliphatic rings. The molecule has 0 aromatic heterocycles. The van der Waals surface area contributed by atoms with E-state index in [0.717, 1.165) is 19.3 Å². The third-order valence-electron chi connectivity index (χ3n) is 2.48. The highest BCUT2D eigenvalue weighted by Gasteiger charge is 2.28. The Bertz CT molecular complexity index is 259. The molecule has 80 valence electrons. The van der Waals surface area contributed by atoms with Crippen LogP contribution < -0.4 is 5.73 Å². The molecule has 2 unspecified atom stereocenters. The average molecular weight is 218 g/mol. The molecule has 0 aromatic rings. The SMILES string of the molecule is C=C=C(C(=O)OC)C1CCC(N)C1.Cl. The summed E-state index contributed by atoms with van der Waals surface area (Å²) in [7, 11) is 1.37. The molecule has 14 heavy (non-hydrogen) atoms. The monoisotopic (exact) mass is 217 g/mol. The molecule has 0 aromatic carbocycles. The van der Waals surface area contributed by atoms with Crippen molar-refractivity contribution in [2.75, 3.05) is 7.11 Å². The second-order valence-electron chi connectivity index (χ2n) is 3.35. The van der Waals surface area contributed by atoms with Crippen LogP contribution >= 0.6 is 12.4 Å². The van der Waals surface area contributed by atoms with E-state index in [-0.39, 0.29) is 30.3 Å². The van der Waals surface area contributed by atoms with Crippen molar-refractivity contribution in [3.05, 3.63) is 17.9 Å².